The summed E-state index contributed by atoms with van der Waals surface area (Å²) in [7, 11) is 0. The third-order valence-corrected chi connectivity index (χ3v) is 3.67. The van der Waals surface area contributed by atoms with Gasteiger partial charge < -0.3 is 14.1 Å². The standard InChI is InChI=1S/C14H22N2O3/c1-3-11-6-5-8-16(9-7-11)14-15-12(10-19-14)13(17)18-4-2/h10-11H,3-9H2,1-2H3. The molecule has 1 aliphatic rings. The molecule has 0 N–H and O–H groups in total. The molecule has 0 radical (unpaired) electrons. The molecule has 1 aromatic rings. The Labute approximate surface area is 113 Å². The summed E-state index contributed by atoms with van der Waals surface area (Å²) in [5.41, 5.74) is 0.258. The molecule has 0 aliphatic carbocycles. The highest BCUT2D eigenvalue weighted by Gasteiger charge is 2.21. The van der Waals surface area contributed by atoms with Gasteiger partial charge in [-0.25, -0.2) is 4.79 Å². The number of rotatable bonds is 4. The van der Waals surface area contributed by atoms with E-state index in [-0.39, 0.29) is 5.69 Å². The molecule has 2 rings (SSSR count). The van der Waals surface area contributed by atoms with Crippen molar-refractivity contribution in [3.8, 4) is 0 Å². The van der Waals surface area contributed by atoms with Gasteiger partial charge in [-0.05, 0) is 32.1 Å². The van der Waals surface area contributed by atoms with E-state index in [0.29, 0.717) is 12.6 Å². The van der Waals surface area contributed by atoms with Crippen LogP contribution in [-0.4, -0.2) is 30.6 Å². The van der Waals surface area contributed by atoms with Crippen molar-refractivity contribution in [3.05, 3.63) is 12.0 Å². The van der Waals surface area contributed by atoms with Crippen LogP contribution in [0.15, 0.2) is 10.7 Å². The molecule has 106 valence electrons. The summed E-state index contributed by atoms with van der Waals surface area (Å²) < 4.78 is 10.3. The molecule has 0 aromatic carbocycles. The van der Waals surface area contributed by atoms with Gasteiger partial charge in [0.05, 0.1) is 6.61 Å². The van der Waals surface area contributed by atoms with Crippen LogP contribution >= 0.6 is 0 Å². The molecule has 0 spiro atoms. The van der Waals surface area contributed by atoms with E-state index in [4.69, 9.17) is 9.15 Å². The Hall–Kier alpha value is -1.52. The van der Waals surface area contributed by atoms with E-state index in [9.17, 15) is 4.79 Å². The minimum absolute atomic E-state index is 0.258. The number of hydrogen-bond donors (Lipinski definition) is 0. The summed E-state index contributed by atoms with van der Waals surface area (Å²) in [4.78, 5) is 17.9. The summed E-state index contributed by atoms with van der Waals surface area (Å²) in [6.45, 7) is 6.26. The van der Waals surface area contributed by atoms with Gasteiger partial charge in [0, 0.05) is 13.1 Å². The van der Waals surface area contributed by atoms with Crippen LogP contribution in [0.3, 0.4) is 0 Å². The molecule has 0 amide bonds. The summed E-state index contributed by atoms with van der Waals surface area (Å²) >= 11 is 0. The van der Waals surface area contributed by atoms with E-state index >= 15 is 0 Å². The molecule has 1 unspecified atom stereocenters. The van der Waals surface area contributed by atoms with Gasteiger partial charge in [0.15, 0.2) is 5.69 Å². The van der Waals surface area contributed by atoms with Crippen molar-refractivity contribution in [2.75, 3.05) is 24.6 Å². The third kappa shape index (κ3) is 3.49. The normalized spacial score (nSPS) is 20.1. The van der Waals surface area contributed by atoms with E-state index < -0.39 is 5.97 Å². The van der Waals surface area contributed by atoms with Gasteiger partial charge in [-0.1, -0.05) is 13.3 Å². The topological polar surface area (TPSA) is 55.6 Å². The molecule has 2 heterocycles. The SMILES string of the molecule is CCOC(=O)c1coc(N2CCCC(CC)CC2)n1. The molecular formula is C14H22N2O3. The predicted octanol–water partition coefficient (Wildman–Crippen LogP) is 2.87. The van der Waals surface area contributed by atoms with Gasteiger partial charge in [0.25, 0.3) is 6.01 Å². The first kappa shape index (κ1) is 13.9. The Morgan fingerprint density at radius 3 is 3.05 bits per heavy atom. The summed E-state index contributed by atoms with van der Waals surface area (Å²) in [6.07, 6.45) is 6.19. The van der Waals surface area contributed by atoms with Crippen LogP contribution in [0.4, 0.5) is 6.01 Å². The highest BCUT2D eigenvalue weighted by Crippen LogP contribution is 2.24. The minimum atomic E-state index is -0.418. The molecule has 1 saturated heterocycles. The van der Waals surface area contributed by atoms with E-state index in [1.54, 1.807) is 6.92 Å². The number of nitrogens with zero attached hydrogens (tertiary/aromatic N) is 2. The van der Waals surface area contributed by atoms with E-state index in [0.717, 1.165) is 31.8 Å². The average molecular weight is 266 g/mol. The Bertz CT molecular complexity index is 417. The fraction of sp³-hybridized carbons (Fsp3) is 0.714. The fourth-order valence-corrected chi connectivity index (χ4v) is 2.47. The van der Waals surface area contributed by atoms with E-state index in [1.165, 1.54) is 19.1 Å². The van der Waals surface area contributed by atoms with Gasteiger partial charge in [0.2, 0.25) is 0 Å². The Morgan fingerprint density at radius 1 is 1.47 bits per heavy atom. The summed E-state index contributed by atoms with van der Waals surface area (Å²) in [5, 5.41) is 0. The third-order valence-electron chi connectivity index (χ3n) is 3.67. The first-order chi connectivity index (χ1) is 9.24. The van der Waals surface area contributed by atoms with Gasteiger partial charge in [-0.15, -0.1) is 0 Å². The quantitative estimate of drug-likeness (QED) is 0.784. The van der Waals surface area contributed by atoms with Crippen molar-refractivity contribution < 1.29 is 13.9 Å². The van der Waals surface area contributed by atoms with Crippen LogP contribution in [0, 0.1) is 5.92 Å². The van der Waals surface area contributed by atoms with Gasteiger partial charge in [-0.2, -0.15) is 4.98 Å². The van der Waals surface area contributed by atoms with E-state index in [2.05, 4.69) is 16.8 Å². The maximum Gasteiger partial charge on any atom is 0.360 e. The second-order valence-corrected chi connectivity index (χ2v) is 4.93. The molecule has 0 bridgehead atoms. The maximum atomic E-state index is 11.5. The van der Waals surface area contributed by atoms with Crippen molar-refractivity contribution in [2.24, 2.45) is 5.92 Å². The second kappa shape index (κ2) is 6.59. The number of aromatic nitrogens is 1. The number of anilines is 1. The van der Waals surface area contributed by atoms with Crippen molar-refractivity contribution in [1.82, 2.24) is 4.98 Å². The number of esters is 1. The van der Waals surface area contributed by atoms with Crippen molar-refractivity contribution in [1.29, 1.82) is 0 Å². The van der Waals surface area contributed by atoms with Gasteiger partial charge in [-0.3, -0.25) is 0 Å². The monoisotopic (exact) mass is 266 g/mol. The average Bonchev–Trinajstić information content (AvgIpc) is 2.78. The lowest BCUT2D eigenvalue weighted by atomic mass is 9.98. The van der Waals surface area contributed by atoms with Gasteiger partial charge in [0.1, 0.15) is 6.26 Å². The first-order valence-corrected chi connectivity index (χ1v) is 7.12. The van der Waals surface area contributed by atoms with Crippen molar-refractivity contribution in [2.45, 2.75) is 39.5 Å². The summed E-state index contributed by atoms with van der Waals surface area (Å²) in [5.74, 6) is 0.378. The van der Waals surface area contributed by atoms with Crippen LogP contribution in [0.25, 0.3) is 0 Å². The molecular weight excluding hydrogens is 244 g/mol. The predicted molar refractivity (Wildman–Crippen MR) is 72.3 cm³/mol. The second-order valence-electron chi connectivity index (χ2n) is 4.93. The van der Waals surface area contributed by atoms with Crippen LogP contribution in [-0.2, 0) is 4.74 Å². The smallest absolute Gasteiger partial charge is 0.360 e. The summed E-state index contributed by atoms with van der Waals surface area (Å²) in [6, 6.07) is 0.541. The highest BCUT2D eigenvalue weighted by atomic mass is 16.5. The number of ether oxygens (including phenoxy) is 1. The molecule has 1 fully saturated rings. The molecule has 5 nitrogen and oxygen atoms in total. The van der Waals surface area contributed by atoms with Crippen molar-refractivity contribution >= 4 is 12.0 Å². The molecule has 19 heavy (non-hydrogen) atoms. The highest BCUT2D eigenvalue weighted by molar-refractivity contribution is 5.87. The largest absolute Gasteiger partial charge is 0.461 e. The number of hydrogen-bond acceptors (Lipinski definition) is 5. The zero-order chi connectivity index (χ0) is 13.7. The maximum absolute atomic E-state index is 11.5. The molecule has 0 saturated carbocycles. The lowest BCUT2D eigenvalue weighted by Gasteiger charge is -2.17. The first-order valence-electron chi connectivity index (χ1n) is 7.12. The number of oxazole rings is 1. The van der Waals surface area contributed by atoms with E-state index in [1.807, 2.05) is 0 Å². The number of carbonyl (C=O) groups is 1. The Morgan fingerprint density at radius 2 is 2.32 bits per heavy atom. The van der Waals surface area contributed by atoms with Crippen LogP contribution in [0.2, 0.25) is 0 Å². The number of carbonyl (C=O) groups excluding carboxylic acids is 1. The zero-order valence-electron chi connectivity index (χ0n) is 11.7. The molecule has 1 aliphatic heterocycles. The molecule has 1 atom stereocenters. The van der Waals surface area contributed by atoms with Crippen LogP contribution in [0.5, 0.6) is 0 Å². The molecule has 5 heteroatoms. The zero-order valence-corrected chi connectivity index (χ0v) is 11.7. The Kier molecular flexibility index (Phi) is 4.82. The minimum Gasteiger partial charge on any atom is -0.461 e. The lowest BCUT2D eigenvalue weighted by molar-refractivity contribution is 0.0519. The molecule has 1 aromatic heterocycles. The van der Waals surface area contributed by atoms with Crippen LogP contribution < -0.4 is 4.90 Å². The lowest BCUT2D eigenvalue weighted by Crippen LogP contribution is -2.24. The van der Waals surface area contributed by atoms with Crippen LogP contribution in [0.1, 0.15) is 50.0 Å². The Balaban J connectivity index is 2.00. The van der Waals surface area contributed by atoms with Gasteiger partial charge >= 0.3 is 5.97 Å². The fourth-order valence-electron chi connectivity index (χ4n) is 2.47. The van der Waals surface area contributed by atoms with Crippen molar-refractivity contribution in [3.63, 3.8) is 0 Å².